The Morgan fingerprint density at radius 3 is 2.52 bits per heavy atom. The number of carbonyl (C=O) groups is 3. The first kappa shape index (κ1) is 15.9. The lowest BCUT2D eigenvalue weighted by Gasteiger charge is -2.19. The van der Waals surface area contributed by atoms with Gasteiger partial charge >= 0.3 is 12.0 Å². The Kier molecular flexibility index (Phi) is 5.19. The number of carboxylic acids is 1. The van der Waals surface area contributed by atoms with E-state index in [-0.39, 0.29) is 11.3 Å². The number of primary amides is 1. The zero-order chi connectivity index (χ0) is 16.0. The van der Waals surface area contributed by atoms with Crippen LogP contribution in [0.3, 0.4) is 0 Å². The molecule has 0 aliphatic carbocycles. The van der Waals surface area contributed by atoms with Crippen molar-refractivity contribution in [2.75, 3.05) is 18.4 Å². The van der Waals surface area contributed by atoms with Crippen molar-refractivity contribution in [2.45, 2.75) is 0 Å². The van der Waals surface area contributed by atoms with Gasteiger partial charge < -0.3 is 21.1 Å². The van der Waals surface area contributed by atoms with E-state index in [1.54, 1.807) is 6.07 Å². The molecule has 0 aromatic heterocycles. The second kappa shape index (κ2) is 6.85. The van der Waals surface area contributed by atoms with E-state index in [1.165, 1.54) is 6.07 Å². The molecule has 9 heteroatoms. The first-order valence-electron chi connectivity index (χ1n) is 5.59. The van der Waals surface area contributed by atoms with Gasteiger partial charge in [0.2, 0.25) is 5.91 Å². The summed E-state index contributed by atoms with van der Waals surface area (Å²) in [5.41, 5.74) is 4.71. The monoisotopic (exact) mass is 294 g/mol. The third kappa shape index (κ3) is 4.79. The minimum absolute atomic E-state index is 0.0602. The lowest BCUT2D eigenvalue weighted by atomic mass is 10.2. The zero-order valence-corrected chi connectivity index (χ0v) is 10.7. The zero-order valence-electron chi connectivity index (χ0n) is 10.7. The molecule has 0 radical (unpaired) electrons. The highest BCUT2D eigenvalue weighted by Crippen LogP contribution is 2.15. The summed E-state index contributed by atoms with van der Waals surface area (Å²) in [5, 5.41) is 19.3. The Labute approximate surface area is 118 Å². The molecule has 0 bridgehead atoms. The van der Waals surface area contributed by atoms with E-state index >= 15 is 0 Å². The number of hydrogen-bond donors (Lipinski definition) is 3. The highest BCUT2D eigenvalue weighted by Gasteiger charge is 2.20. The van der Waals surface area contributed by atoms with Gasteiger partial charge in [-0.3, -0.25) is 9.59 Å². The van der Waals surface area contributed by atoms with E-state index in [9.17, 15) is 18.8 Å². The third-order valence-electron chi connectivity index (χ3n) is 2.30. The molecule has 0 fully saturated rings. The number of nitrogens with two attached hydrogens (primary N) is 1. The van der Waals surface area contributed by atoms with Crippen molar-refractivity contribution in [2.24, 2.45) is 5.73 Å². The maximum Gasteiger partial charge on any atom is 0.323 e. The van der Waals surface area contributed by atoms with Crippen LogP contribution in [-0.2, 0) is 9.59 Å². The Balaban J connectivity index is 2.88. The maximum atomic E-state index is 13.6. The first-order chi connectivity index (χ1) is 9.83. The number of nitrogens with one attached hydrogen (secondary N) is 1. The van der Waals surface area contributed by atoms with Crippen molar-refractivity contribution in [1.29, 1.82) is 5.26 Å². The van der Waals surface area contributed by atoms with Crippen LogP contribution >= 0.6 is 0 Å². The molecular formula is C12H11FN4O4. The molecule has 0 aliphatic rings. The van der Waals surface area contributed by atoms with E-state index in [0.717, 1.165) is 12.1 Å². The highest BCUT2D eigenvalue weighted by atomic mass is 19.1. The van der Waals surface area contributed by atoms with Crippen LogP contribution < -0.4 is 11.1 Å². The molecule has 0 saturated heterocycles. The van der Waals surface area contributed by atoms with Gasteiger partial charge in [-0.05, 0) is 18.2 Å². The molecule has 1 rings (SSSR count). The molecule has 4 N–H and O–H groups in total. The number of amides is 3. The van der Waals surface area contributed by atoms with E-state index in [2.05, 4.69) is 5.32 Å². The summed E-state index contributed by atoms with van der Waals surface area (Å²) in [6, 6.07) is 4.05. The largest absolute Gasteiger partial charge is 0.480 e. The number of nitriles is 1. The molecule has 1 aromatic carbocycles. The van der Waals surface area contributed by atoms with E-state index in [1.807, 2.05) is 0 Å². The molecule has 8 nitrogen and oxygen atoms in total. The van der Waals surface area contributed by atoms with Gasteiger partial charge in [0.25, 0.3) is 0 Å². The van der Waals surface area contributed by atoms with Gasteiger partial charge in [-0.1, -0.05) is 0 Å². The molecule has 3 amide bonds. The van der Waals surface area contributed by atoms with Crippen LogP contribution in [0.25, 0.3) is 0 Å². The van der Waals surface area contributed by atoms with Crippen molar-refractivity contribution >= 4 is 23.6 Å². The van der Waals surface area contributed by atoms with Gasteiger partial charge in [0, 0.05) is 0 Å². The van der Waals surface area contributed by atoms with Crippen molar-refractivity contribution in [3.05, 3.63) is 29.6 Å². The molecule has 0 spiro atoms. The number of benzene rings is 1. The fraction of sp³-hybridized carbons (Fsp3) is 0.167. The lowest BCUT2D eigenvalue weighted by molar-refractivity contribution is -0.137. The summed E-state index contributed by atoms with van der Waals surface area (Å²) in [4.78, 5) is 33.8. The number of nitrogens with zero attached hydrogens (tertiary/aromatic N) is 2. The van der Waals surface area contributed by atoms with Gasteiger partial charge in [0.15, 0.2) is 0 Å². The number of aliphatic carboxylic acids is 1. The second-order valence-corrected chi connectivity index (χ2v) is 3.95. The average Bonchev–Trinajstić information content (AvgIpc) is 2.39. The van der Waals surface area contributed by atoms with E-state index < -0.39 is 36.8 Å². The summed E-state index contributed by atoms with van der Waals surface area (Å²) in [5.74, 6) is -3.13. The van der Waals surface area contributed by atoms with Crippen LogP contribution in [0.2, 0.25) is 0 Å². The van der Waals surface area contributed by atoms with Crippen molar-refractivity contribution in [1.82, 2.24) is 4.90 Å². The van der Waals surface area contributed by atoms with Crippen LogP contribution in [-0.4, -0.2) is 41.0 Å². The summed E-state index contributed by atoms with van der Waals surface area (Å²) >= 11 is 0. The SMILES string of the molecule is N#Cc1ccc(NC(=O)N(CC(N)=O)CC(=O)O)c(F)c1. The average molecular weight is 294 g/mol. The number of anilines is 1. The van der Waals surface area contributed by atoms with Crippen LogP contribution in [0.4, 0.5) is 14.9 Å². The fourth-order valence-electron chi connectivity index (χ4n) is 1.43. The number of carbonyl (C=O) groups excluding carboxylic acids is 2. The predicted molar refractivity (Wildman–Crippen MR) is 68.5 cm³/mol. The highest BCUT2D eigenvalue weighted by molar-refractivity contribution is 5.94. The number of carboxylic acid groups (broad SMARTS) is 1. The molecule has 0 unspecified atom stereocenters. The van der Waals surface area contributed by atoms with Crippen LogP contribution in [0.5, 0.6) is 0 Å². The number of halogens is 1. The van der Waals surface area contributed by atoms with Crippen LogP contribution in [0.15, 0.2) is 18.2 Å². The number of hydrogen-bond acceptors (Lipinski definition) is 4. The Bertz CT molecular complexity index is 610. The quantitative estimate of drug-likeness (QED) is 0.707. The first-order valence-corrected chi connectivity index (χ1v) is 5.59. The van der Waals surface area contributed by atoms with Crippen molar-refractivity contribution in [3.8, 4) is 6.07 Å². The lowest BCUT2D eigenvalue weighted by Crippen LogP contribution is -2.43. The standard InChI is InChI=1S/C12H11FN4O4/c13-8-3-7(4-14)1-2-9(8)16-12(21)17(5-10(15)18)6-11(19)20/h1-3H,5-6H2,(H2,15,18)(H,16,21)(H,19,20). The number of urea groups is 1. The van der Waals surface area contributed by atoms with Crippen LogP contribution in [0.1, 0.15) is 5.56 Å². The smallest absolute Gasteiger partial charge is 0.323 e. The molecule has 1 aromatic rings. The Hall–Kier alpha value is -3.15. The molecule has 0 atom stereocenters. The molecule has 0 heterocycles. The summed E-state index contributed by atoms with van der Waals surface area (Å²) in [6.07, 6.45) is 0. The van der Waals surface area contributed by atoms with Crippen molar-refractivity contribution in [3.63, 3.8) is 0 Å². The topological polar surface area (TPSA) is 137 Å². The van der Waals surface area contributed by atoms with E-state index in [0.29, 0.717) is 4.90 Å². The molecule has 110 valence electrons. The summed E-state index contributed by atoms with van der Waals surface area (Å²) < 4.78 is 13.6. The summed E-state index contributed by atoms with van der Waals surface area (Å²) in [7, 11) is 0. The Morgan fingerprint density at radius 2 is 2.05 bits per heavy atom. The van der Waals surface area contributed by atoms with Crippen LogP contribution in [0, 0.1) is 17.1 Å². The molecule has 0 aliphatic heterocycles. The van der Waals surface area contributed by atoms with Gasteiger partial charge in [0.05, 0.1) is 17.3 Å². The normalized spacial score (nSPS) is 9.52. The Morgan fingerprint density at radius 1 is 1.38 bits per heavy atom. The number of rotatable bonds is 5. The van der Waals surface area contributed by atoms with Gasteiger partial charge in [0.1, 0.15) is 18.9 Å². The molecule has 0 saturated carbocycles. The van der Waals surface area contributed by atoms with E-state index in [4.69, 9.17) is 16.1 Å². The van der Waals surface area contributed by atoms with Crippen molar-refractivity contribution < 1.29 is 23.9 Å². The minimum Gasteiger partial charge on any atom is -0.480 e. The predicted octanol–water partition coefficient (Wildman–Crippen LogP) is 0.101. The molecule has 21 heavy (non-hydrogen) atoms. The minimum atomic E-state index is -1.35. The maximum absolute atomic E-state index is 13.6. The fourth-order valence-corrected chi connectivity index (χ4v) is 1.43. The second-order valence-electron chi connectivity index (χ2n) is 3.95. The third-order valence-corrected chi connectivity index (χ3v) is 2.30. The van der Waals surface area contributed by atoms with Gasteiger partial charge in [-0.2, -0.15) is 5.26 Å². The molecular weight excluding hydrogens is 283 g/mol. The summed E-state index contributed by atoms with van der Waals surface area (Å²) in [6.45, 7) is -1.40. The van der Waals surface area contributed by atoms with Gasteiger partial charge in [-0.15, -0.1) is 0 Å². The van der Waals surface area contributed by atoms with Gasteiger partial charge in [-0.25, -0.2) is 9.18 Å².